The zero-order valence-electron chi connectivity index (χ0n) is 15.6. The highest BCUT2D eigenvalue weighted by Gasteiger charge is 2.21. The molecular weight excluding hydrogens is 322 g/mol. The summed E-state index contributed by atoms with van der Waals surface area (Å²) in [5.74, 6) is 0. The molecule has 0 radical (unpaired) electrons. The van der Waals surface area contributed by atoms with Gasteiger partial charge in [-0.05, 0) is 30.9 Å². The van der Waals surface area contributed by atoms with Gasteiger partial charge in [-0.2, -0.15) is 0 Å². The number of amides is 2. The van der Waals surface area contributed by atoms with Crippen molar-refractivity contribution in [2.24, 2.45) is 0 Å². The average molecular weight is 351 g/mol. The lowest BCUT2D eigenvalue weighted by atomic mass is 10.1. The number of hydrogen-bond donors (Lipinski definition) is 1. The van der Waals surface area contributed by atoms with Crippen LogP contribution in [-0.4, -0.2) is 54.6 Å². The largest absolute Gasteiger partial charge is 0.335 e. The van der Waals surface area contributed by atoms with Crippen LogP contribution in [0.15, 0.2) is 60.7 Å². The van der Waals surface area contributed by atoms with E-state index in [2.05, 4.69) is 59.6 Å². The van der Waals surface area contributed by atoms with Gasteiger partial charge >= 0.3 is 6.03 Å². The van der Waals surface area contributed by atoms with Crippen molar-refractivity contribution in [2.45, 2.75) is 25.8 Å². The van der Waals surface area contributed by atoms with Crippen molar-refractivity contribution in [2.75, 3.05) is 32.7 Å². The van der Waals surface area contributed by atoms with Crippen molar-refractivity contribution in [3.8, 4) is 0 Å². The van der Waals surface area contributed by atoms with Gasteiger partial charge in [0.25, 0.3) is 0 Å². The molecule has 138 valence electrons. The predicted molar refractivity (Wildman–Crippen MR) is 106 cm³/mol. The van der Waals surface area contributed by atoms with E-state index in [-0.39, 0.29) is 12.1 Å². The van der Waals surface area contributed by atoms with Crippen LogP contribution in [0.3, 0.4) is 0 Å². The molecule has 2 aromatic rings. The predicted octanol–water partition coefficient (Wildman–Crippen LogP) is 3.19. The highest BCUT2D eigenvalue weighted by atomic mass is 16.2. The van der Waals surface area contributed by atoms with Crippen LogP contribution in [0, 0.1) is 0 Å². The molecule has 4 heteroatoms. The molecule has 1 N–H and O–H groups in total. The molecule has 4 nitrogen and oxygen atoms in total. The fourth-order valence-electron chi connectivity index (χ4n) is 3.43. The maximum absolute atomic E-state index is 12.5. The molecular formula is C22H29N3O. The van der Waals surface area contributed by atoms with E-state index >= 15 is 0 Å². The second kappa shape index (κ2) is 9.39. The number of nitrogens with zero attached hydrogens (tertiary/aromatic N) is 2. The third-order valence-electron chi connectivity index (χ3n) is 4.97. The molecule has 0 spiro atoms. The Morgan fingerprint density at radius 3 is 2.12 bits per heavy atom. The van der Waals surface area contributed by atoms with Gasteiger partial charge in [-0.15, -0.1) is 0 Å². The van der Waals surface area contributed by atoms with Crippen LogP contribution in [0.4, 0.5) is 4.79 Å². The third kappa shape index (κ3) is 5.60. The number of carbonyl (C=O) groups excluding carboxylic acids is 1. The van der Waals surface area contributed by atoms with Gasteiger partial charge in [0, 0.05) is 38.8 Å². The van der Waals surface area contributed by atoms with Gasteiger partial charge in [-0.25, -0.2) is 4.79 Å². The van der Waals surface area contributed by atoms with Crippen LogP contribution in [0.5, 0.6) is 0 Å². The van der Waals surface area contributed by atoms with Crippen molar-refractivity contribution in [1.82, 2.24) is 15.1 Å². The summed E-state index contributed by atoms with van der Waals surface area (Å²) in [5.41, 5.74) is 2.63. The summed E-state index contributed by atoms with van der Waals surface area (Å²) < 4.78 is 0. The zero-order valence-corrected chi connectivity index (χ0v) is 15.6. The monoisotopic (exact) mass is 351 g/mol. The first kappa shape index (κ1) is 18.5. The summed E-state index contributed by atoms with van der Waals surface area (Å²) in [6.45, 7) is 6.64. The Labute approximate surface area is 156 Å². The minimum Gasteiger partial charge on any atom is -0.335 e. The quantitative estimate of drug-likeness (QED) is 0.868. The van der Waals surface area contributed by atoms with E-state index in [4.69, 9.17) is 0 Å². The lowest BCUT2D eigenvalue weighted by Crippen LogP contribution is -2.53. The van der Waals surface area contributed by atoms with Crippen molar-refractivity contribution >= 4 is 6.03 Å². The van der Waals surface area contributed by atoms with Crippen LogP contribution in [0.25, 0.3) is 0 Å². The smallest absolute Gasteiger partial charge is 0.317 e. The molecule has 3 rings (SSSR count). The molecule has 1 saturated heterocycles. The van der Waals surface area contributed by atoms with Gasteiger partial charge in [0.05, 0.1) is 0 Å². The number of benzene rings is 2. The summed E-state index contributed by atoms with van der Waals surface area (Å²) in [7, 11) is 0. The number of hydrogen-bond acceptors (Lipinski definition) is 2. The Bertz CT molecular complexity index is 666. The molecule has 0 unspecified atom stereocenters. The van der Waals surface area contributed by atoms with Gasteiger partial charge in [-0.1, -0.05) is 60.7 Å². The van der Waals surface area contributed by atoms with E-state index in [1.54, 1.807) is 0 Å². The van der Waals surface area contributed by atoms with E-state index < -0.39 is 0 Å². The van der Waals surface area contributed by atoms with Crippen molar-refractivity contribution in [3.63, 3.8) is 0 Å². The Morgan fingerprint density at radius 1 is 0.923 bits per heavy atom. The molecule has 26 heavy (non-hydrogen) atoms. The number of carbonyl (C=O) groups is 1. The van der Waals surface area contributed by atoms with Crippen molar-refractivity contribution in [1.29, 1.82) is 0 Å². The zero-order chi connectivity index (χ0) is 18.2. The Morgan fingerprint density at radius 2 is 1.50 bits per heavy atom. The maximum atomic E-state index is 12.5. The fraction of sp³-hybridized carbons (Fsp3) is 0.409. The lowest BCUT2D eigenvalue weighted by molar-refractivity contribution is 0.138. The number of nitrogens with one attached hydrogen (secondary N) is 1. The number of urea groups is 1. The van der Waals surface area contributed by atoms with E-state index in [1.165, 1.54) is 11.1 Å². The first-order valence-corrected chi connectivity index (χ1v) is 9.56. The number of rotatable bonds is 6. The van der Waals surface area contributed by atoms with Gasteiger partial charge in [0.2, 0.25) is 0 Å². The molecule has 0 aliphatic carbocycles. The summed E-state index contributed by atoms with van der Waals surface area (Å²) in [5, 5.41) is 3.14. The van der Waals surface area contributed by atoms with Gasteiger partial charge in [0.1, 0.15) is 0 Å². The Balaban J connectivity index is 1.38. The minimum absolute atomic E-state index is 0.0659. The topological polar surface area (TPSA) is 35.6 Å². The molecule has 1 heterocycles. The van der Waals surface area contributed by atoms with Crippen LogP contribution < -0.4 is 5.32 Å². The summed E-state index contributed by atoms with van der Waals surface area (Å²) in [6.07, 6.45) is 1.94. The lowest BCUT2D eigenvalue weighted by Gasteiger charge is -2.35. The molecule has 0 bridgehead atoms. The van der Waals surface area contributed by atoms with Crippen LogP contribution in [0.2, 0.25) is 0 Å². The van der Waals surface area contributed by atoms with Crippen LogP contribution in [-0.2, 0) is 12.8 Å². The maximum Gasteiger partial charge on any atom is 0.317 e. The summed E-state index contributed by atoms with van der Waals surface area (Å²) in [4.78, 5) is 16.9. The standard InChI is InChI=1S/C22H29N3O/c1-19(18-21-10-6-3-7-11-21)23-22(26)25-16-14-24(15-17-25)13-12-20-8-4-2-5-9-20/h2-11,19H,12-18H2,1H3,(H,23,26)/t19-/m0/s1. The van der Waals surface area contributed by atoms with E-state index in [0.29, 0.717) is 0 Å². The SMILES string of the molecule is C[C@@H](Cc1ccccc1)NC(=O)N1CCN(CCc2ccccc2)CC1. The highest BCUT2D eigenvalue weighted by Crippen LogP contribution is 2.07. The van der Waals surface area contributed by atoms with E-state index in [0.717, 1.165) is 45.6 Å². The summed E-state index contributed by atoms with van der Waals surface area (Å²) in [6, 6.07) is 21.1. The second-order valence-electron chi connectivity index (χ2n) is 7.10. The van der Waals surface area contributed by atoms with E-state index in [1.807, 2.05) is 23.1 Å². The molecule has 1 atom stereocenters. The molecule has 1 aliphatic heterocycles. The molecule has 2 amide bonds. The first-order valence-electron chi connectivity index (χ1n) is 9.56. The molecule has 0 saturated carbocycles. The number of piperazine rings is 1. The van der Waals surface area contributed by atoms with Crippen LogP contribution >= 0.6 is 0 Å². The van der Waals surface area contributed by atoms with Gasteiger partial charge in [-0.3, -0.25) is 4.90 Å². The van der Waals surface area contributed by atoms with Gasteiger partial charge < -0.3 is 10.2 Å². The fourth-order valence-corrected chi connectivity index (χ4v) is 3.43. The van der Waals surface area contributed by atoms with Crippen molar-refractivity contribution in [3.05, 3.63) is 71.8 Å². The first-order chi connectivity index (χ1) is 12.7. The van der Waals surface area contributed by atoms with Crippen molar-refractivity contribution < 1.29 is 4.79 Å². The molecule has 2 aromatic carbocycles. The van der Waals surface area contributed by atoms with Gasteiger partial charge in [0.15, 0.2) is 0 Å². The molecule has 1 aliphatic rings. The Kier molecular flexibility index (Phi) is 6.67. The van der Waals surface area contributed by atoms with Crippen LogP contribution in [0.1, 0.15) is 18.1 Å². The minimum atomic E-state index is 0.0659. The average Bonchev–Trinajstić information content (AvgIpc) is 2.68. The second-order valence-corrected chi connectivity index (χ2v) is 7.10. The third-order valence-corrected chi connectivity index (χ3v) is 4.97. The van der Waals surface area contributed by atoms with E-state index in [9.17, 15) is 4.79 Å². The summed E-state index contributed by atoms with van der Waals surface area (Å²) >= 11 is 0. The molecule has 1 fully saturated rings. The molecule has 0 aromatic heterocycles. The highest BCUT2D eigenvalue weighted by molar-refractivity contribution is 5.74. The Hall–Kier alpha value is -2.33. The normalized spacial score (nSPS) is 16.3.